The molecule has 72 valence electrons. The zero-order valence-corrected chi connectivity index (χ0v) is 8.42. The standard InChI is InChI=1S/C13H14O/c1-9-3-4-12-7-11(10(2)8-14)5-6-13(9)12/h5-9H,2-4H2,1H3. The maximum absolute atomic E-state index is 10.6. The lowest BCUT2D eigenvalue weighted by Gasteiger charge is -2.06. The number of rotatable bonds is 2. The van der Waals surface area contributed by atoms with E-state index in [1.54, 1.807) is 0 Å². The molecule has 1 aromatic rings. The highest BCUT2D eigenvalue weighted by Gasteiger charge is 2.18. The van der Waals surface area contributed by atoms with E-state index >= 15 is 0 Å². The van der Waals surface area contributed by atoms with E-state index in [4.69, 9.17) is 0 Å². The van der Waals surface area contributed by atoms with Crippen LogP contribution in [0.5, 0.6) is 0 Å². The molecular formula is C13H14O. The predicted molar refractivity (Wildman–Crippen MR) is 58.3 cm³/mol. The zero-order chi connectivity index (χ0) is 10.1. The fraction of sp³-hybridized carbons (Fsp3) is 0.308. The Morgan fingerprint density at radius 1 is 1.57 bits per heavy atom. The highest BCUT2D eigenvalue weighted by atomic mass is 16.1. The van der Waals surface area contributed by atoms with Crippen LogP contribution in [0.25, 0.3) is 5.57 Å². The molecule has 0 amide bonds. The summed E-state index contributed by atoms with van der Waals surface area (Å²) in [4.78, 5) is 10.6. The van der Waals surface area contributed by atoms with Crippen LogP contribution in [-0.4, -0.2) is 6.29 Å². The molecule has 0 N–H and O–H groups in total. The van der Waals surface area contributed by atoms with Crippen molar-refractivity contribution in [1.29, 1.82) is 0 Å². The van der Waals surface area contributed by atoms with Gasteiger partial charge in [-0.3, -0.25) is 4.79 Å². The molecule has 1 aromatic carbocycles. The van der Waals surface area contributed by atoms with E-state index in [-0.39, 0.29) is 0 Å². The molecule has 0 saturated carbocycles. The van der Waals surface area contributed by atoms with Gasteiger partial charge in [-0.15, -0.1) is 0 Å². The molecule has 1 nitrogen and oxygen atoms in total. The summed E-state index contributed by atoms with van der Waals surface area (Å²) < 4.78 is 0. The molecule has 2 rings (SSSR count). The lowest BCUT2D eigenvalue weighted by atomic mass is 9.99. The van der Waals surface area contributed by atoms with Crippen LogP contribution < -0.4 is 0 Å². The minimum Gasteiger partial charge on any atom is -0.298 e. The Morgan fingerprint density at radius 2 is 2.36 bits per heavy atom. The third-order valence-electron chi connectivity index (χ3n) is 3.03. The Labute approximate surface area is 84.5 Å². The van der Waals surface area contributed by atoms with Crippen molar-refractivity contribution in [3.05, 3.63) is 41.5 Å². The van der Waals surface area contributed by atoms with E-state index in [0.29, 0.717) is 11.5 Å². The van der Waals surface area contributed by atoms with Gasteiger partial charge >= 0.3 is 0 Å². The van der Waals surface area contributed by atoms with E-state index in [9.17, 15) is 4.79 Å². The summed E-state index contributed by atoms with van der Waals surface area (Å²) in [5.41, 5.74) is 4.37. The topological polar surface area (TPSA) is 17.1 Å². The van der Waals surface area contributed by atoms with Gasteiger partial charge in [0, 0.05) is 5.57 Å². The Kier molecular flexibility index (Phi) is 2.24. The molecule has 1 aliphatic rings. The fourth-order valence-electron chi connectivity index (χ4n) is 2.10. The molecular weight excluding hydrogens is 172 g/mol. The second-order valence-corrected chi connectivity index (χ2v) is 4.00. The van der Waals surface area contributed by atoms with Crippen molar-refractivity contribution in [2.75, 3.05) is 0 Å². The summed E-state index contributed by atoms with van der Waals surface area (Å²) in [6.07, 6.45) is 3.18. The molecule has 0 aromatic heterocycles. The van der Waals surface area contributed by atoms with E-state index < -0.39 is 0 Å². The lowest BCUT2D eigenvalue weighted by Crippen LogP contribution is -1.89. The predicted octanol–water partition coefficient (Wildman–Crippen LogP) is 2.95. The number of fused-ring (bicyclic) bond motifs is 1. The summed E-state index contributed by atoms with van der Waals surface area (Å²) in [6, 6.07) is 6.24. The van der Waals surface area contributed by atoms with Crippen molar-refractivity contribution in [3.63, 3.8) is 0 Å². The van der Waals surface area contributed by atoms with Gasteiger partial charge in [0.2, 0.25) is 0 Å². The number of aryl methyl sites for hydroxylation is 1. The van der Waals surface area contributed by atoms with Crippen LogP contribution in [0.15, 0.2) is 24.8 Å². The average Bonchev–Trinajstić information content (AvgIpc) is 2.59. The van der Waals surface area contributed by atoms with Gasteiger partial charge in [0.25, 0.3) is 0 Å². The van der Waals surface area contributed by atoms with Crippen molar-refractivity contribution >= 4 is 11.9 Å². The number of carbonyl (C=O) groups excluding carboxylic acids is 1. The van der Waals surface area contributed by atoms with Crippen LogP contribution in [0.2, 0.25) is 0 Å². The first-order chi connectivity index (χ1) is 6.72. The molecule has 1 atom stereocenters. The van der Waals surface area contributed by atoms with Gasteiger partial charge in [-0.1, -0.05) is 31.7 Å². The Morgan fingerprint density at radius 3 is 3.07 bits per heavy atom. The second-order valence-electron chi connectivity index (χ2n) is 4.00. The van der Waals surface area contributed by atoms with Gasteiger partial charge < -0.3 is 0 Å². The zero-order valence-electron chi connectivity index (χ0n) is 8.42. The van der Waals surface area contributed by atoms with Crippen molar-refractivity contribution in [3.8, 4) is 0 Å². The summed E-state index contributed by atoms with van der Waals surface area (Å²) in [6.45, 7) is 5.97. The molecule has 0 aliphatic heterocycles. The van der Waals surface area contributed by atoms with Crippen LogP contribution in [0.4, 0.5) is 0 Å². The number of hydrogen-bond acceptors (Lipinski definition) is 1. The highest BCUT2D eigenvalue weighted by molar-refractivity contribution is 6.05. The van der Waals surface area contributed by atoms with E-state index in [0.717, 1.165) is 18.3 Å². The Bertz CT molecular complexity index is 390. The van der Waals surface area contributed by atoms with Crippen LogP contribution in [-0.2, 0) is 11.2 Å². The van der Waals surface area contributed by atoms with Gasteiger partial charge in [-0.05, 0) is 35.4 Å². The summed E-state index contributed by atoms with van der Waals surface area (Å²) >= 11 is 0. The fourth-order valence-corrected chi connectivity index (χ4v) is 2.10. The third-order valence-corrected chi connectivity index (χ3v) is 3.03. The average molecular weight is 186 g/mol. The first kappa shape index (κ1) is 9.20. The summed E-state index contributed by atoms with van der Waals surface area (Å²) in [5, 5.41) is 0. The first-order valence-corrected chi connectivity index (χ1v) is 4.99. The largest absolute Gasteiger partial charge is 0.298 e. The highest BCUT2D eigenvalue weighted by Crippen LogP contribution is 2.33. The van der Waals surface area contributed by atoms with Gasteiger partial charge in [-0.25, -0.2) is 0 Å². The molecule has 1 heteroatoms. The molecule has 0 heterocycles. The van der Waals surface area contributed by atoms with Crippen LogP contribution in [0, 0.1) is 0 Å². The Balaban J connectivity index is 2.42. The SMILES string of the molecule is C=C(C=O)c1ccc2c(c1)CCC2C. The van der Waals surface area contributed by atoms with Crippen molar-refractivity contribution in [1.82, 2.24) is 0 Å². The minimum absolute atomic E-state index is 0.576. The maximum atomic E-state index is 10.6. The quantitative estimate of drug-likeness (QED) is 0.512. The number of hydrogen-bond donors (Lipinski definition) is 0. The molecule has 0 radical (unpaired) electrons. The summed E-state index contributed by atoms with van der Waals surface area (Å²) in [5.74, 6) is 0.670. The first-order valence-electron chi connectivity index (χ1n) is 4.99. The normalized spacial score (nSPS) is 19.1. The molecule has 0 spiro atoms. The van der Waals surface area contributed by atoms with Gasteiger partial charge in [0.05, 0.1) is 0 Å². The van der Waals surface area contributed by atoms with Crippen LogP contribution in [0.1, 0.15) is 36.0 Å². The van der Waals surface area contributed by atoms with Crippen molar-refractivity contribution in [2.45, 2.75) is 25.7 Å². The van der Waals surface area contributed by atoms with Crippen LogP contribution in [0.3, 0.4) is 0 Å². The molecule has 1 unspecified atom stereocenters. The van der Waals surface area contributed by atoms with E-state index in [1.807, 2.05) is 6.07 Å². The van der Waals surface area contributed by atoms with Gasteiger partial charge in [-0.2, -0.15) is 0 Å². The van der Waals surface area contributed by atoms with Gasteiger partial charge in [0.1, 0.15) is 6.29 Å². The lowest BCUT2D eigenvalue weighted by molar-refractivity contribution is -0.103. The monoisotopic (exact) mass is 186 g/mol. The number of aldehydes is 1. The van der Waals surface area contributed by atoms with Gasteiger partial charge in [0.15, 0.2) is 0 Å². The summed E-state index contributed by atoms with van der Waals surface area (Å²) in [7, 11) is 0. The van der Waals surface area contributed by atoms with Crippen molar-refractivity contribution < 1.29 is 4.79 Å². The second kappa shape index (κ2) is 3.41. The molecule has 1 aliphatic carbocycles. The molecule has 0 bridgehead atoms. The molecule has 0 saturated heterocycles. The molecule has 14 heavy (non-hydrogen) atoms. The third kappa shape index (κ3) is 1.39. The minimum atomic E-state index is 0.576. The number of benzene rings is 1. The van der Waals surface area contributed by atoms with Crippen molar-refractivity contribution in [2.24, 2.45) is 0 Å². The Hall–Kier alpha value is -1.37. The van der Waals surface area contributed by atoms with E-state index in [1.165, 1.54) is 17.5 Å². The maximum Gasteiger partial charge on any atom is 0.150 e. The van der Waals surface area contributed by atoms with Crippen LogP contribution >= 0.6 is 0 Å². The van der Waals surface area contributed by atoms with E-state index in [2.05, 4.69) is 25.6 Å². The smallest absolute Gasteiger partial charge is 0.150 e. The number of carbonyl (C=O) groups is 1. The molecule has 0 fully saturated rings. The number of allylic oxidation sites excluding steroid dienone is 1.